The smallest absolute Gasteiger partial charge is 0.198 e. The third kappa shape index (κ3) is 3.80. The molecule has 86 valence electrons. The lowest BCUT2D eigenvalue weighted by molar-refractivity contribution is -0.0498. The van der Waals surface area contributed by atoms with Gasteiger partial charge in [0.1, 0.15) is 0 Å². The van der Waals surface area contributed by atoms with Gasteiger partial charge in [-0.05, 0) is 6.42 Å². The first kappa shape index (κ1) is 13.7. The minimum absolute atomic E-state index is 0.0459. The molecule has 0 radical (unpaired) electrons. The number of halogens is 3. The van der Waals surface area contributed by atoms with E-state index in [0.29, 0.717) is 0 Å². The van der Waals surface area contributed by atoms with Crippen LogP contribution in [0.3, 0.4) is 0 Å². The van der Waals surface area contributed by atoms with Crippen molar-refractivity contribution in [3.8, 4) is 0 Å². The summed E-state index contributed by atoms with van der Waals surface area (Å²) in [6, 6.07) is 0. The Balaban J connectivity index is 4.89. The number of rotatable bonds is 4. The first-order valence-corrected chi connectivity index (χ1v) is 6.25. The predicted molar refractivity (Wildman–Crippen MR) is 40.1 cm³/mol. The molecular weight excluding hydrogens is 249 g/mol. The average molecular weight is 256 g/mol. The SMILES string of the molecule is CCCS(=O)(=O)OS(=O)(=O)C(F)(F)F. The lowest BCUT2D eigenvalue weighted by Gasteiger charge is -2.07. The molecule has 0 aromatic heterocycles. The van der Waals surface area contributed by atoms with Gasteiger partial charge in [0.2, 0.25) is 0 Å². The van der Waals surface area contributed by atoms with Gasteiger partial charge in [0.05, 0.1) is 5.75 Å². The molecule has 0 aliphatic rings. The van der Waals surface area contributed by atoms with Crippen LogP contribution in [-0.2, 0) is 23.9 Å². The molecule has 0 aromatic rings. The summed E-state index contributed by atoms with van der Waals surface area (Å²) < 4.78 is 79.5. The summed E-state index contributed by atoms with van der Waals surface area (Å²) in [4.78, 5) is 0. The Morgan fingerprint density at radius 1 is 1.14 bits per heavy atom. The van der Waals surface area contributed by atoms with Crippen molar-refractivity contribution >= 4 is 20.2 Å². The summed E-state index contributed by atoms with van der Waals surface area (Å²) in [6.07, 6.45) is -0.0459. The molecule has 5 nitrogen and oxygen atoms in total. The Morgan fingerprint density at radius 3 is 1.86 bits per heavy atom. The van der Waals surface area contributed by atoms with E-state index in [-0.39, 0.29) is 6.42 Å². The van der Waals surface area contributed by atoms with Gasteiger partial charge in [0.25, 0.3) is 10.1 Å². The zero-order valence-corrected chi connectivity index (χ0v) is 8.54. The van der Waals surface area contributed by atoms with Crippen LogP contribution in [-0.4, -0.2) is 28.1 Å². The molecule has 0 aromatic carbocycles. The monoisotopic (exact) mass is 256 g/mol. The number of alkyl halides is 3. The molecule has 0 saturated carbocycles. The average Bonchev–Trinajstić information content (AvgIpc) is 1.80. The largest absolute Gasteiger partial charge is 0.524 e. The van der Waals surface area contributed by atoms with Gasteiger partial charge in [0, 0.05) is 0 Å². The highest BCUT2D eigenvalue weighted by atomic mass is 32.3. The van der Waals surface area contributed by atoms with E-state index in [4.69, 9.17) is 0 Å². The fraction of sp³-hybridized carbons (Fsp3) is 1.00. The Bertz CT molecular complexity index is 378. The van der Waals surface area contributed by atoms with Crippen molar-refractivity contribution < 1.29 is 33.6 Å². The first-order valence-electron chi connectivity index (χ1n) is 3.27. The number of hydrogen-bond donors (Lipinski definition) is 0. The first-order chi connectivity index (χ1) is 6.02. The molecule has 0 amide bonds. The van der Waals surface area contributed by atoms with Crippen LogP contribution in [0, 0.1) is 0 Å². The topological polar surface area (TPSA) is 77.5 Å². The van der Waals surface area contributed by atoms with Gasteiger partial charge in [0.15, 0.2) is 0 Å². The molecule has 0 saturated heterocycles. The second-order valence-electron chi connectivity index (χ2n) is 2.23. The molecule has 0 atom stereocenters. The van der Waals surface area contributed by atoms with Crippen molar-refractivity contribution in [2.75, 3.05) is 5.75 Å². The predicted octanol–water partition coefficient (Wildman–Crippen LogP) is 0.592. The summed E-state index contributed by atoms with van der Waals surface area (Å²) >= 11 is 0. The minimum atomic E-state index is -6.07. The van der Waals surface area contributed by atoms with Crippen molar-refractivity contribution in [1.29, 1.82) is 0 Å². The summed E-state index contributed by atoms with van der Waals surface area (Å²) in [7, 11) is -10.7. The van der Waals surface area contributed by atoms with E-state index in [0.717, 1.165) is 0 Å². The van der Waals surface area contributed by atoms with E-state index < -0.39 is 31.5 Å². The lowest BCUT2D eigenvalue weighted by atomic mass is 10.6. The maximum atomic E-state index is 11.6. The molecule has 0 heterocycles. The molecule has 10 heteroatoms. The maximum absolute atomic E-state index is 11.6. The molecule has 0 N–H and O–H groups in total. The van der Waals surface area contributed by atoms with Crippen LogP contribution >= 0.6 is 0 Å². The van der Waals surface area contributed by atoms with Crippen LogP contribution in [0.25, 0.3) is 0 Å². The fourth-order valence-electron chi connectivity index (χ4n) is 0.459. The third-order valence-electron chi connectivity index (χ3n) is 0.931. The van der Waals surface area contributed by atoms with Crippen molar-refractivity contribution in [1.82, 2.24) is 0 Å². The maximum Gasteiger partial charge on any atom is 0.524 e. The Labute approximate surface area is 79.1 Å². The highest BCUT2D eigenvalue weighted by molar-refractivity contribution is 8.00. The molecule has 0 unspecified atom stereocenters. The van der Waals surface area contributed by atoms with Gasteiger partial charge in [-0.2, -0.15) is 30.0 Å². The van der Waals surface area contributed by atoms with Crippen molar-refractivity contribution in [2.24, 2.45) is 0 Å². The molecule has 0 bridgehead atoms. The summed E-state index contributed by atoms with van der Waals surface area (Å²) in [5.41, 5.74) is -5.73. The van der Waals surface area contributed by atoms with Gasteiger partial charge in [-0.15, -0.1) is 3.63 Å². The van der Waals surface area contributed by atoms with E-state index in [2.05, 4.69) is 3.63 Å². The molecule has 0 fully saturated rings. The van der Waals surface area contributed by atoms with Crippen LogP contribution in [0.2, 0.25) is 0 Å². The van der Waals surface area contributed by atoms with Crippen LogP contribution in [0.15, 0.2) is 0 Å². The van der Waals surface area contributed by atoms with Gasteiger partial charge >= 0.3 is 15.6 Å². The Morgan fingerprint density at radius 2 is 1.57 bits per heavy atom. The second kappa shape index (κ2) is 4.03. The fourth-order valence-corrected chi connectivity index (χ4v) is 2.63. The molecule has 0 rings (SSSR count). The molecular formula is C4H7F3O5S2. The van der Waals surface area contributed by atoms with Gasteiger partial charge in [-0.3, -0.25) is 0 Å². The van der Waals surface area contributed by atoms with Gasteiger partial charge in [-0.1, -0.05) is 6.92 Å². The summed E-state index contributed by atoms with van der Waals surface area (Å²) in [5, 5.41) is 0. The molecule has 0 aliphatic carbocycles. The van der Waals surface area contributed by atoms with E-state index in [1.165, 1.54) is 6.92 Å². The van der Waals surface area contributed by atoms with E-state index >= 15 is 0 Å². The highest BCUT2D eigenvalue weighted by Crippen LogP contribution is 2.26. The van der Waals surface area contributed by atoms with Crippen LogP contribution in [0.4, 0.5) is 13.2 Å². The summed E-state index contributed by atoms with van der Waals surface area (Å²) in [5.74, 6) is -0.789. The van der Waals surface area contributed by atoms with Crippen molar-refractivity contribution in [3.63, 3.8) is 0 Å². The van der Waals surface area contributed by atoms with Gasteiger partial charge < -0.3 is 0 Å². The second-order valence-corrected chi connectivity index (χ2v) is 5.67. The molecule has 0 spiro atoms. The van der Waals surface area contributed by atoms with Gasteiger partial charge in [-0.25, -0.2) is 0 Å². The standard InChI is InChI=1S/C4H7F3O5S2/c1-2-3-13(8,9)12-14(10,11)4(5,6)7/h2-3H2,1H3. The molecule has 14 heavy (non-hydrogen) atoms. The van der Waals surface area contributed by atoms with Crippen molar-refractivity contribution in [3.05, 3.63) is 0 Å². The zero-order valence-electron chi connectivity index (χ0n) is 6.91. The lowest BCUT2D eigenvalue weighted by Crippen LogP contribution is -2.29. The zero-order chi connectivity index (χ0) is 11.6. The van der Waals surface area contributed by atoms with E-state index in [9.17, 15) is 30.0 Å². The minimum Gasteiger partial charge on any atom is -0.198 e. The van der Waals surface area contributed by atoms with Crippen LogP contribution in [0.1, 0.15) is 13.3 Å². The van der Waals surface area contributed by atoms with Crippen LogP contribution in [0.5, 0.6) is 0 Å². The third-order valence-corrected chi connectivity index (χ3v) is 3.95. The Kier molecular flexibility index (Phi) is 3.93. The van der Waals surface area contributed by atoms with Crippen molar-refractivity contribution in [2.45, 2.75) is 18.9 Å². The quantitative estimate of drug-likeness (QED) is 0.688. The van der Waals surface area contributed by atoms with E-state index in [1.54, 1.807) is 0 Å². The Hall–Kier alpha value is -0.350. The summed E-state index contributed by atoms with van der Waals surface area (Å²) in [6.45, 7) is 1.35. The van der Waals surface area contributed by atoms with Crippen LogP contribution < -0.4 is 0 Å². The number of hydrogen-bond acceptors (Lipinski definition) is 5. The van der Waals surface area contributed by atoms with E-state index in [1.807, 2.05) is 0 Å². The molecule has 0 aliphatic heterocycles. The normalized spacial score (nSPS) is 14.3. The highest BCUT2D eigenvalue weighted by Gasteiger charge is 2.50.